The molecule has 2 aliphatic rings. The van der Waals surface area contributed by atoms with E-state index in [-0.39, 0.29) is 6.71 Å². The topological polar surface area (TPSA) is 16.3 Å². The molecule has 0 saturated heterocycles. The minimum Gasteiger partial charge on any atom is -0.311 e. The van der Waals surface area contributed by atoms with E-state index in [0.29, 0.717) is 5.56 Å². The van der Waals surface area contributed by atoms with E-state index in [9.17, 15) is 2.74 Å². The number of hydrogen-bond acceptors (Lipinski definition) is 2. The van der Waals surface area contributed by atoms with Crippen molar-refractivity contribution in [2.45, 2.75) is 27.1 Å². The van der Waals surface area contributed by atoms with Gasteiger partial charge in [0.2, 0.25) is 0 Å². The lowest BCUT2D eigenvalue weighted by Crippen LogP contribution is -2.61. The van der Waals surface area contributed by atoms with Gasteiger partial charge in [-0.15, -0.1) is 0 Å². The average molecular weight is 975 g/mol. The van der Waals surface area contributed by atoms with Crippen LogP contribution >= 0.6 is 0 Å². The Morgan fingerprint density at radius 1 is 0.355 bits per heavy atom. The van der Waals surface area contributed by atoms with Crippen LogP contribution in [-0.4, -0.2) is 15.8 Å². The molecule has 15 rings (SSSR count). The number of anilines is 6. The summed E-state index contributed by atoms with van der Waals surface area (Å²) in [4.78, 5) is 4.93. The highest BCUT2D eigenvalue weighted by Gasteiger charge is 2.45. The molecule has 4 heterocycles. The van der Waals surface area contributed by atoms with Gasteiger partial charge in [0.05, 0.1) is 33.4 Å². The number of aromatic nitrogens is 2. The van der Waals surface area contributed by atoms with Crippen LogP contribution in [0.4, 0.5) is 34.1 Å². The molecule has 0 amide bonds. The first kappa shape index (κ1) is 42.1. The van der Waals surface area contributed by atoms with Gasteiger partial charge in [-0.3, -0.25) is 0 Å². The average Bonchev–Trinajstić information content (AvgIpc) is 4.12. The van der Waals surface area contributed by atoms with Crippen LogP contribution < -0.4 is 26.2 Å². The third-order valence-electron chi connectivity index (χ3n) is 15.7. The van der Waals surface area contributed by atoms with E-state index in [1.165, 1.54) is 32.5 Å². The van der Waals surface area contributed by atoms with Crippen LogP contribution in [0, 0.1) is 5.41 Å². The first-order valence-electron chi connectivity index (χ1n) is 27.5. The summed E-state index contributed by atoms with van der Waals surface area (Å²) in [6, 6.07) is 92.3. The van der Waals surface area contributed by atoms with Gasteiger partial charge in [-0.05, 0) is 118 Å². The second-order valence-electron chi connectivity index (χ2n) is 21.4. The molecule has 13 aromatic rings. The van der Waals surface area contributed by atoms with E-state index in [2.05, 4.69) is 274 Å². The molecule has 5 heteroatoms. The molecule has 0 aliphatic carbocycles. The van der Waals surface area contributed by atoms with Gasteiger partial charge < -0.3 is 18.9 Å². The van der Waals surface area contributed by atoms with E-state index in [4.69, 9.17) is 0 Å². The fourth-order valence-corrected chi connectivity index (χ4v) is 12.7. The standard InChI is InChI=1S/C71H53BN4/c1-71(2,3)46-47-42-68-70-69(43-47)76(61-33-17-11-27-53(61)49-24-8-5-9-25-49)67-45-51(74-64-36-20-14-30-56(64)57-31-15-21-37-65(57)74)39-41-59(67)72(70)58-40-38-50(73-62-34-18-12-28-54(62)55-29-13-19-35-63(55)73)44-66(58)75(68)60-32-16-10-26-52(60)48-22-6-4-7-23-48/h4-45H,46H2,1-3H3/i46D2. The molecule has 2 aromatic heterocycles. The third kappa shape index (κ3) is 6.85. The van der Waals surface area contributed by atoms with E-state index >= 15 is 0 Å². The molecule has 0 spiro atoms. The Kier molecular flexibility index (Phi) is 9.48. The van der Waals surface area contributed by atoms with Crippen LogP contribution in [0.15, 0.2) is 255 Å². The fraction of sp³-hybridized carbons (Fsp3) is 0.0704. The maximum Gasteiger partial charge on any atom is 0.252 e. The van der Waals surface area contributed by atoms with Gasteiger partial charge in [-0.25, -0.2) is 0 Å². The fourth-order valence-electron chi connectivity index (χ4n) is 12.7. The van der Waals surface area contributed by atoms with E-state index in [1.807, 2.05) is 20.8 Å². The molecule has 0 N–H and O–H groups in total. The molecule has 0 fully saturated rings. The Balaban J connectivity index is 1.09. The SMILES string of the molecule is [2H]C([2H])(c1cc2c3c(c1)N(c1ccccc1-c1ccccc1)c1cc(-n4c5ccccc5c5ccccc54)ccc1B3c1ccc(-n3c4ccccc4c4ccccc43)cc1N2c1ccccc1-c1ccccc1)C(C)(C)C. The molecule has 0 saturated carbocycles. The van der Waals surface area contributed by atoms with Gasteiger partial charge in [0.25, 0.3) is 6.71 Å². The summed E-state index contributed by atoms with van der Waals surface area (Å²) in [6.07, 6.45) is -1.76. The van der Waals surface area contributed by atoms with Gasteiger partial charge in [0, 0.05) is 69.5 Å². The van der Waals surface area contributed by atoms with Crippen LogP contribution in [-0.2, 0) is 6.37 Å². The van der Waals surface area contributed by atoms with Crippen molar-refractivity contribution in [1.29, 1.82) is 0 Å². The Labute approximate surface area is 446 Å². The molecule has 76 heavy (non-hydrogen) atoms. The van der Waals surface area contributed by atoms with Crippen LogP contribution in [0.3, 0.4) is 0 Å². The molecule has 4 nitrogen and oxygen atoms in total. The molecule has 2 aliphatic heterocycles. The number of para-hydroxylation sites is 6. The van der Waals surface area contributed by atoms with Crippen molar-refractivity contribution < 1.29 is 2.74 Å². The van der Waals surface area contributed by atoms with Crippen molar-refractivity contribution in [1.82, 2.24) is 9.13 Å². The van der Waals surface area contributed by atoms with Gasteiger partial charge in [-0.1, -0.05) is 203 Å². The highest BCUT2D eigenvalue weighted by Crippen LogP contribution is 2.50. The van der Waals surface area contributed by atoms with Crippen molar-refractivity contribution >= 4 is 101 Å². The van der Waals surface area contributed by atoms with E-state index in [0.717, 1.165) is 95.3 Å². The third-order valence-corrected chi connectivity index (χ3v) is 15.7. The molecule has 360 valence electrons. The summed E-state index contributed by atoms with van der Waals surface area (Å²) in [7, 11) is 0. The molecule has 11 aromatic carbocycles. The zero-order valence-electron chi connectivity index (χ0n) is 44.6. The number of rotatable bonds is 7. The minimum absolute atomic E-state index is 0.241. The molecule has 0 atom stereocenters. The Hall–Kier alpha value is -9.32. The van der Waals surface area contributed by atoms with Gasteiger partial charge in [-0.2, -0.15) is 0 Å². The number of fused-ring (bicyclic) bond motifs is 10. The molecular formula is C71H53BN4. The summed E-state index contributed by atoms with van der Waals surface area (Å²) in [5.41, 5.74) is 20.4. The Morgan fingerprint density at radius 3 is 1.11 bits per heavy atom. The first-order chi connectivity index (χ1) is 38.1. The van der Waals surface area contributed by atoms with Gasteiger partial charge in [0.15, 0.2) is 0 Å². The smallest absolute Gasteiger partial charge is 0.252 e. The second-order valence-corrected chi connectivity index (χ2v) is 21.4. The van der Waals surface area contributed by atoms with E-state index < -0.39 is 11.8 Å². The Morgan fingerprint density at radius 2 is 0.711 bits per heavy atom. The molecular weight excluding hydrogens is 920 g/mol. The molecule has 0 radical (unpaired) electrons. The highest BCUT2D eigenvalue weighted by atomic mass is 15.2. The number of hydrogen-bond donors (Lipinski definition) is 0. The van der Waals surface area contributed by atoms with Crippen molar-refractivity contribution in [2.75, 3.05) is 9.80 Å². The van der Waals surface area contributed by atoms with Crippen LogP contribution in [0.1, 0.15) is 29.1 Å². The summed E-state index contributed by atoms with van der Waals surface area (Å²) in [6.45, 7) is 5.82. The summed E-state index contributed by atoms with van der Waals surface area (Å²) in [5.74, 6) is 0. The summed E-state index contributed by atoms with van der Waals surface area (Å²) in [5, 5.41) is 4.82. The van der Waals surface area contributed by atoms with E-state index in [1.54, 1.807) is 0 Å². The zero-order chi connectivity index (χ0) is 52.4. The monoisotopic (exact) mass is 974 g/mol. The van der Waals surface area contributed by atoms with Crippen molar-refractivity contribution in [3.63, 3.8) is 0 Å². The summed E-state index contributed by atoms with van der Waals surface area (Å²) >= 11 is 0. The number of nitrogens with zero attached hydrogens (tertiary/aromatic N) is 4. The van der Waals surface area contributed by atoms with Gasteiger partial charge in [0.1, 0.15) is 0 Å². The highest BCUT2D eigenvalue weighted by molar-refractivity contribution is 7.00. The van der Waals surface area contributed by atoms with Crippen molar-refractivity contribution in [3.05, 3.63) is 260 Å². The lowest BCUT2D eigenvalue weighted by Gasteiger charge is -2.45. The Bertz CT molecular complexity index is 4170. The maximum absolute atomic E-state index is 10.2. The van der Waals surface area contributed by atoms with Crippen molar-refractivity contribution in [2.24, 2.45) is 5.41 Å². The van der Waals surface area contributed by atoms with Crippen LogP contribution in [0.5, 0.6) is 0 Å². The predicted octanol–water partition coefficient (Wildman–Crippen LogP) is 16.9. The van der Waals surface area contributed by atoms with Crippen LogP contribution in [0.2, 0.25) is 0 Å². The first-order valence-corrected chi connectivity index (χ1v) is 26.5. The normalized spacial score (nSPS) is 13.5. The maximum atomic E-state index is 10.2. The quantitative estimate of drug-likeness (QED) is 0.148. The molecule has 0 bridgehead atoms. The van der Waals surface area contributed by atoms with Crippen LogP contribution in [0.25, 0.3) is 77.2 Å². The molecule has 0 unspecified atom stereocenters. The van der Waals surface area contributed by atoms with Crippen molar-refractivity contribution in [3.8, 4) is 33.6 Å². The predicted molar refractivity (Wildman–Crippen MR) is 323 cm³/mol. The number of benzene rings is 11. The minimum atomic E-state index is -1.76. The summed E-state index contributed by atoms with van der Waals surface area (Å²) < 4.78 is 25.3. The lowest BCUT2D eigenvalue weighted by atomic mass is 9.33. The largest absolute Gasteiger partial charge is 0.311 e. The second kappa shape index (κ2) is 17.1. The van der Waals surface area contributed by atoms with Gasteiger partial charge >= 0.3 is 0 Å². The lowest BCUT2D eigenvalue weighted by molar-refractivity contribution is 0.411. The zero-order valence-corrected chi connectivity index (χ0v) is 42.6.